The summed E-state index contributed by atoms with van der Waals surface area (Å²) in [6.45, 7) is 0.215. The van der Waals surface area contributed by atoms with Gasteiger partial charge in [-0.1, -0.05) is 6.92 Å². The largest absolute Gasteiger partial charge is 0.467 e. The topological polar surface area (TPSA) is 71.5 Å². The number of rotatable bonds is 7. The number of aromatic nitrogens is 1. The molecule has 8 heteroatoms. The molecule has 0 bridgehead atoms. The van der Waals surface area contributed by atoms with E-state index in [1.165, 1.54) is 18.3 Å². The third kappa shape index (κ3) is 5.99. The van der Waals surface area contributed by atoms with Crippen molar-refractivity contribution >= 4 is 5.91 Å². The summed E-state index contributed by atoms with van der Waals surface area (Å²) in [5.74, 6) is -0.952. The summed E-state index contributed by atoms with van der Waals surface area (Å²) in [6, 6.07) is 2.50. The minimum atomic E-state index is -4.51. The Hall–Kier alpha value is -1.83. The zero-order chi connectivity index (χ0) is 15.9. The number of carbonyl (C=O) groups excluding carboxylic acids is 1. The molecule has 2 N–H and O–H groups in total. The maximum atomic E-state index is 12.2. The number of halogens is 3. The van der Waals surface area contributed by atoms with Crippen LogP contribution in [0.5, 0.6) is 5.88 Å². The Morgan fingerprint density at radius 1 is 1.52 bits per heavy atom. The molecule has 0 saturated carbocycles. The summed E-state index contributed by atoms with van der Waals surface area (Å²) >= 11 is 0. The number of nitrogens with one attached hydrogen (secondary N) is 1. The Morgan fingerprint density at radius 2 is 2.24 bits per heavy atom. The molecule has 21 heavy (non-hydrogen) atoms. The highest BCUT2D eigenvalue weighted by molar-refractivity contribution is 5.96. The molecule has 1 unspecified atom stereocenters. The van der Waals surface area contributed by atoms with Crippen LogP contribution in [0.3, 0.4) is 0 Å². The van der Waals surface area contributed by atoms with Crippen LogP contribution < -0.4 is 10.1 Å². The lowest BCUT2D eigenvalue weighted by atomic mass is 10.1. The van der Waals surface area contributed by atoms with Crippen LogP contribution in [-0.2, 0) is 0 Å². The molecule has 0 radical (unpaired) electrons. The van der Waals surface area contributed by atoms with Crippen LogP contribution >= 0.6 is 0 Å². The van der Waals surface area contributed by atoms with Crippen molar-refractivity contribution in [2.45, 2.75) is 32.0 Å². The van der Waals surface area contributed by atoms with Gasteiger partial charge in [0.15, 0.2) is 6.61 Å². The summed E-state index contributed by atoms with van der Waals surface area (Å²) in [4.78, 5) is 15.7. The molecule has 118 valence electrons. The summed E-state index contributed by atoms with van der Waals surface area (Å²) in [6.07, 6.45) is -2.31. The second-order valence-electron chi connectivity index (χ2n) is 4.35. The number of aliphatic hydroxyl groups excluding tert-OH is 1. The van der Waals surface area contributed by atoms with E-state index in [0.717, 1.165) is 0 Å². The van der Waals surface area contributed by atoms with Gasteiger partial charge in [-0.15, -0.1) is 0 Å². The Morgan fingerprint density at radius 3 is 2.81 bits per heavy atom. The fourth-order valence-electron chi connectivity index (χ4n) is 1.63. The van der Waals surface area contributed by atoms with Gasteiger partial charge in [0, 0.05) is 18.8 Å². The van der Waals surface area contributed by atoms with Crippen molar-refractivity contribution in [2.75, 3.05) is 13.2 Å². The molecule has 1 atom stereocenters. The van der Waals surface area contributed by atoms with E-state index in [9.17, 15) is 18.0 Å². The average Bonchev–Trinajstić information content (AvgIpc) is 2.44. The van der Waals surface area contributed by atoms with Crippen molar-refractivity contribution in [3.63, 3.8) is 0 Å². The Labute approximate surface area is 120 Å². The second-order valence-corrected chi connectivity index (χ2v) is 4.35. The highest BCUT2D eigenvalue weighted by Gasteiger charge is 2.29. The monoisotopic (exact) mass is 306 g/mol. The molecular formula is C13H17F3N2O3. The minimum absolute atomic E-state index is 0.0712. The van der Waals surface area contributed by atoms with Crippen molar-refractivity contribution < 1.29 is 27.8 Å². The van der Waals surface area contributed by atoms with Crippen LogP contribution in [0.25, 0.3) is 0 Å². The van der Waals surface area contributed by atoms with Crippen LogP contribution in [0.4, 0.5) is 13.2 Å². The minimum Gasteiger partial charge on any atom is -0.467 e. The van der Waals surface area contributed by atoms with E-state index in [1.54, 1.807) is 0 Å². The summed E-state index contributed by atoms with van der Waals surface area (Å²) < 4.78 is 41.0. The number of amides is 1. The molecule has 0 spiro atoms. The van der Waals surface area contributed by atoms with Gasteiger partial charge in [-0.3, -0.25) is 4.79 Å². The highest BCUT2D eigenvalue weighted by atomic mass is 19.4. The van der Waals surface area contributed by atoms with Crippen molar-refractivity contribution in [1.29, 1.82) is 0 Å². The molecule has 1 heterocycles. The van der Waals surface area contributed by atoms with Crippen molar-refractivity contribution in [3.05, 3.63) is 23.9 Å². The third-order valence-corrected chi connectivity index (χ3v) is 2.69. The van der Waals surface area contributed by atoms with E-state index in [-0.39, 0.29) is 24.1 Å². The van der Waals surface area contributed by atoms with E-state index in [1.807, 2.05) is 6.92 Å². The van der Waals surface area contributed by atoms with Crippen LogP contribution in [0, 0.1) is 0 Å². The maximum Gasteiger partial charge on any atom is 0.422 e. The Bertz CT molecular complexity index is 466. The van der Waals surface area contributed by atoms with Crippen molar-refractivity contribution in [1.82, 2.24) is 10.3 Å². The van der Waals surface area contributed by atoms with Gasteiger partial charge in [0.25, 0.3) is 5.91 Å². The van der Waals surface area contributed by atoms with Gasteiger partial charge >= 0.3 is 6.18 Å². The van der Waals surface area contributed by atoms with Crippen molar-refractivity contribution in [3.8, 4) is 5.88 Å². The predicted molar refractivity (Wildman–Crippen MR) is 69.0 cm³/mol. The number of hydrogen-bond donors (Lipinski definition) is 2. The normalized spacial score (nSPS) is 12.8. The van der Waals surface area contributed by atoms with E-state index < -0.39 is 18.7 Å². The molecule has 0 aromatic carbocycles. The SMILES string of the molecule is CCC(CCO)NC(=O)c1cccnc1OCC(F)(F)F. The molecule has 1 aromatic rings. The van der Waals surface area contributed by atoms with Gasteiger partial charge in [0.1, 0.15) is 5.56 Å². The standard InChI is InChI=1S/C13H17F3N2O3/c1-2-9(5-7-19)18-11(20)10-4-3-6-17-12(10)21-8-13(14,15)16/h3-4,6,9,19H,2,5,7-8H2,1H3,(H,18,20). The lowest BCUT2D eigenvalue weighted by molar-refractivity contribution is -0.154. The maximum absolute atomic E-state index is 12.2. The number of nitrogens with zero attached hydrogens (tertiary/aromatic N) is 1. The third-order valence-electron chi connectivity index (χ3n) is 2.69. The number of hydrogen-bond acceptors (Lipinski definition) is 4. The lowest BCUT2D eigenvalue weighted by Crippen LogP contribution is -2.35. The number of pyridine rings is 1. The van der Waals surface area contributed by atoms with Crippen LogP contribution in [0.2, 0.25) is 0 Å². The van der Waals surface area contributed by atoms with Gasteiger partial charge in [0.05, 0.1) is 0 Å². The van der Waals surface area contributed by atoms with Gasteiger partial charge in [-0.05, 0) is 25.0 Å². The molecule has 0 fully saturated rings. The summed E-state index contributed by atoms with van der Waals surface area (Å²) in [7, 11) is 0. The number of ether oxygens (including phenoxy) is 1. The van der Waals surface area contributed by atoms with Gasteiger partial charge in [-0.25, -0.2) is 4.98 Å². The predicted octanol–water partition coefficient (Wildman–Crippen LogP) is 1.91. The van der Waals surface area contributed by atoms with Gasteiger partial charge in [0.2, 0.25) is 5.88 Å². The van der Waals surface area contributed by atoms with E-state index in [4.69, 9.17) is 5.11 Å². The molecular weight excluding hydrogens is 289 g/mol. The Kier molecular flexibility index (Phi) is 6.41. The fraction of sp³-hybridized carbons (Fsp3) is 0.538. The molecule has 0 aliphatic rings. The lowest BCUT2D eigenvalue weighted by Gasteiger charge is -2.17. The van der Waals surface area contributed by atoms with E-state index in [0.29, 0.717) is 12.8 Å². The van der Waals surface area contributed by atoms with Gasteiger partial charge < -0.3 is 15.2 Å². The number of carbonyl (C=O) groups is 1. The molecule has 0 saturated heterocycles. The van der Waals surface area contributed by atoms with Crippen LogP contribution in [0.1, 0.15) is 30.1 Å². The first-order valence-electron chi connectivity index (χ1n) is 6.43. The first kappa shape index (κ1) is 17.2. The highest BCUT2D eigenvalue weighted by Crippen LogP contribution is 2.20. The Balaban J connectivity index is 2.79. The summed E-state index contributed by atoms with van der Waals surface area (Å²) in [5, 5.41) is 11.5. The average molecular weight is 306 g/mol. The molecule has 0 aliphatic heterocycles. The van der Waals surface area contributed by atoms with Crippen molar-refractivity contribution in [2.24, 2.45) is 0 Å². The molecule has 5 nitrogen and oxygen atoms in total. The first-order valence-corrected chi connectivity index (χ1v) is 6.43. The number of alkyl halides is 3. The molecule has 0 aliphatic carbocycles. The molecule has 1 amide bonds. The summed E-state index contributed by atoms with van der Waals surface area (Å²) in [5.41, 5.74) is -0.0712. The zero-order valence-corrected chi connectivity index (χ0v) is 11.5. The number of aliphatic hydroxyl groups is 1. The van der Waals surface area contributed by atoms with E-state index >= 15 is 0 Å². The van der Waals surface area contributed by atoms with Crippen LogP contribution in [-0.4, -0.2) is 41.4 Å². The fourth-order valence-corrected chi connectivity index (χ4v) is 1.63. The second kappa shape index (κ2) is 7.82. The quantitative estimate of drug-likeness (QED) is 0.807. The molecule has 1 aromatic heterocycles. The smallest absolute Gasteiger partial charge is 0.422 e. The molecule has 1 rings (SSSR count). The zero-order valence-electron chi connectivity index (χ0n) is 11.5. The van der Waals surface area contributed by atoms with E-state index in [2.05, 4.69) is 15.0 Å². The van der Waals surface area contributed by atoms with Crippen LogP contribution in [0.15, 0.2) is 18.3 Å². The first-order chi connectivity index (χ1) is 9.87. The van der Waals surface area contributed by atoms with Gasteiger partial charge in [-0.2, -0.15) is 13.2 Å².